The van der Waals surface area contributed by atoms with Crippen molar-refractivity contribution in [2.45, 2.75) is 25.2 Å². The fraction of sp³-hybridized carbons (Fsp3) is 0.417. The molecule has 0 spiro atoms. The number of aliphatic imine (C=N–C) groups is 1. The van der Waals surface area contributed by atoms with E-state index in [1.807, 2.05) is 0 Å². The van der Waals surface area contributed by atoms with Gasteiger partial charge in [-0.3, -0.25) is 4.99 Å². The molecular formula is C12H11F4NO2. The highest BCUT2D eigenvalue weighted by molar-refractivity contribution is 5.48. The van der Waals surface area contributed by atoms with Gasteiger partial charge in [-0.05, 0) is 30.5 Å². The summed E-state index contributed by atoms with van der Waals surface area (Å²) in [5.41, 5.74) is 0.592. The number of benzene rings is 1. The van der Waals surface area contributed by atoms with Crippen LogP contribution in [0.1, 0.15) is 12.0 Å². The first-order valence-electron chi connectivity index (χ1n) is 5.61. The molecule has 0 radical (unpaired) electrons. The van der Waals surface area contributed by atoms with Crippen molar-refractivity contribution in [1.82, 2.24) is 0 Å². The van der Waals surface area contributed by atoms with Crippen LogP contribution in [0.25, 0.3) is 0 Å². The third kappa shape index (κ3) is 4.11. The summed E-state index contributed by atoms with van der Waals surface area (Å²) in [6.45, 7) is 0.484. The number of ether oxygens (including phenoxy) is 2. The van der Waals surface area contributed by atoms with E-state index >= 15 is 0 Å². The molecule has 1 heterocycles. The Balaban J connectivity index is 1.96. The first-order valence-corrected chi connectivity index (χ1v) is 5.61. The predicted molar refractivity (Wildman–Crippen MR) is 59.6 cm³/mol. The summed E-state index contributed by atoms with van der Waals surface area (Å²) in [4.78, 5) is 4.02. The zero-order valence-corrected chi connectivity index (χ0v) is 9.78. The van der Waals surface area contributed by atoms with Crippen molar-refractivity contribution >= 4 is 6.40 Å². The molecule has 1 aliphatic heterocycles. The Morgan fingerprint density at radius 1 is 1.37 bits per heavy atom. The maximum Gasteiger partial charge on any atom is 0.573 e. The van der Waals surface area contributed by atoms with Crippen molar-refractivity contribution in [2.75, 3.05) is 6.61 Å². The highest BCUT2D eigenvalue weighted by Crippen LogP contribution is 2.26. The van der Waals surface area contributed by atoms with E-state index in [1.165, 1.54) is 12.5 Å². The molecule has 104 valence electrons. The van der Waals surface area contributed by atoms with E-state index in [2.05, 4.69) is 9.73 Å². The molecule has 0 bridgehead atoms. The van der Waals surface area contributed by atoms with Crippen molar-refractivity contribution < 1.29 is 27.0 Å². The molecule has 7 heteroatoms. The van der Waals surface area contributed by atoms with E-state index in [0.29, 0.717) is 25.0 Å². The monoisotopic (exact) mass is 277 g/mol. The molecule has 0 saturated carbocycles. The van der Waals surface area contributed by atoms with E-state index in [9.17, 15) is 17.6 Å². The number of halogens is 4. The van der Waals surface area contributed by atoms with Crippen molar-refractivity contribution in [3.05, 3.63) is 29.6 Å². The van der Waals surface area contributed by atoms with Crippen LogP contribution in [0.15, 0.2) is 23.2 Å². The largest absolute Gasteiger partial charge is 0.573 e. The standard InChI is InChI=1S/C12H11F4NO2/c13-10-5-8(1-3-9-6-18-7-17-9)2-4-11(10)19-12(14,15)16/h2,4-5,7,9H,1,3,6H2. The molecule has 0 N–H and O–H groups in total. The highest BCUT2D eigenvalue weighted by Gasteiger charge is 2.32. The van der Waals surface area contributed by atoms with Gasteiger partial charge in [-0.15, -0.1) is 13.2 Å². The van der Waals surface area contributed by atoms with E-state index in [-0.39, 0.29) is 6.04 Å². The SMILES string of the molecule is Fc1cc(CCC2COC=N2)ccc1OC(F)(F)F. The molecule has 1 aliphatic rings. The summed E-state index contributed by atoms with van der Waals surface area (Å²) in [6.07, 6.45) is -2.37. The summed E-state index contributed by atoms with van der Waals surface area (Å²) in [5, 5.41) is 0. The summed E-state index contributed by atoms with van der Waals surface area (Å²) >= 11 is 0. The second-order valence-corrected chi connectivity index (χ2v) is 4.09. The molecule has 3 nitrogen and oxygen atoms in total. The van der Waals surface area contributed by atoms with Gasteiger partial charge in [0.25, 0.3) is 0 Å². The summed E-state index contributed by atoms with van der Waals surface area (Å²) in [5.74, 6) is -1.85. The Bertz CT molecular complexity index is 473. The third-order valence-corrected chi connectivity index (χ3v) is 2.62. The maximum absolute atomic E-state index is 13.4. The molecule has 0 amide bonds. The summed E-state index contributed by atoms with van der Waals surface area (Å²) in [6, 6.07) is 3.45. The Labute approximate surface area is 106 Å². The molecule has 0 saturated heterocycles. The fourth-order valence-electron chi connectivity index (χ4n) is 1.72. The van der Waals surface area contributed by atoms with Gasteiger partial charge in [0.2, 0.25) is 0 Å². The van der Waals surface area contributed by atoms with Gasteiger partial charge >= 0.3 is 6.36 Å². The van der Waals surface area contributed by atoms with Crippen molar-refractivity contribution in [1.29, 1.82) is 0 Å². The number of nitrogens with zero attached hydrogens (tertiary/aromatic N) is 1. The molecule has 0 fully saturated rings. The van der Waals surface area contributed by atoms with Crippen molar-refractivity contribution in [2.24, 2.45) is 4.99 Å². The number of hydrogen-bond donors (Lipinski definition) is 0. The zero-order chi connectivity index (χ0) is 13.9. The molecule has 1 aromatic carbocycles. The average molecular weight is 277 g/mol. The molecule has 0 aromatic heterocycles. The average Bonchev–Trinajstić information content (AvgIpc) is 2.81. The minimum absolute atomic E-state index is 0.0224. The van der Waals surface area contributed by atoms with Gasteiger partial charge < -0.3 is 9.47 Å². The maximum atomic E-state index is 13.4. The van der Waals surface area contributed by atoms with Gasteiger partial charge in [0.05, 0.1) is 6.04 Å². The van der Waals surface area contributed by atoms with Gasteiger partial charge in [-0.1, -0.05) is 6.07 Å². The minimum atomic E-state index is -4.89. The van der Waals surface area contributed by atoms with Gasteiger partial charge in [0.1, 0.15) is 6.61 Å². The molecule has 0 aliphatic carbocycles. The van der Waals surface area contributed by atoms with E-state index < -0.39 is 17.9 Å². The Morgan fingerprint density at radius 3 is 2.74 bits per heavy atom. The lowest BCUT2D eigenvalue weighted by atomic mass is 10.1. The van der Waals surface area contributed by atoms with Crippen LogP contribution in [0.4, 0.5) is 17.6 Å². The molecule has 1 unspecified atom stereocenters. The second kappa shape index (κ2) is 5.46. The Hall–Kier alpha value is -1.79. The normalized spacial score (nSPS) is 18.4. The van der Waals surface area contributed by atoms with Crippen LogP contribution in [-0.2, 0) is 11.2 Å². The van der Waals surface area contributed by atoms with Crippen LogP contribution in [0, 0.1) is 5.82 Å². The highest BCUT2D eigenvalue weighted by atomic mass is 19.4. The molecule has 2 rings (SSSR count). The first-order chi connectivity index (χ1) is 8.94. The lowest BCUT2D eigenvalue weighted by Gasteiger charge is -2.11. The van der Waals surface area contributed by atoms with E-state index in [4.69, 9.17) is 4.74 Å². The van der Waals surface area contributed by atoms with E-state index in [1.54, 1.807) is 0 Å². The summed E-state index contributed by atoms with van der Waals surface area (Å²) in [7, 11) is 0. The van der Waals surface area contributed by atoms with Crippen LogP contribution in [0.2, 0.25) is 0 Å². The van der Waals surface area contributed by atoms with Crippen LogP contribution in [0.5, 0.6) is 5.75 Å². The van der Waals surface area contributed by atoms with Gasteiger partial charge in [0.15, 0.2) is 18.0 Å². The number of aryl methyl sites for hydroxylation is 1. The van der Waals surface area contributed by atoms with Crippen molar-refractivity contribution in [3.8, 4) is 5.75 Å². The van der Waals surface area contributed by atoms with E-state index in [0.717, 1.165) is 12.1 Å². The lowest BCUT2D eigenvalue weighted by Crippen LogP contribution is -2.18. The number of rotatable bonds is 4. The molecule has 19 heavy (non-hydrogen) atoms. The second-order valence-electron chi connectivity index (χ2n) is 4.09. The zero-order valence-electron chi connectivity index (χ0n) is 9.78. The van der Waals surface area contributed by atoms with Crippen LogP contribution in [-0.4, -0.2) is 25.4 Å². The lowest BCUT2D eigenvalue weighted by molar-refractivity contribution is -0.275. The fourth-order valence-corrected chi connectivity index (χ4v) is 1.72. The summed E-state index contributed by atoms with van der Waals surface area (Å²) < 4.78 is 57.7. The number of alkyl halides is 3. The van der Waals surface area contributed by atoms with Crippen LogP contribution >= 0.6 is 0 Å². The van der Waals surface area contributed by atoms with Gasteiger partial charge in [-0.25, -0.2) is 4.39 Å². The van der Waals surface area contributed by atoms with Crippen LogP contribution < -0.4 is 4.74 Å². The van der Waals surface area contributed by atoms with Gasteiger partial charge in [0, 0.05) is 0 Å². The Morgan fingerprint density at radius 2 is 2.16 bits per heavy atom. The first kappa shape index (κ1) is 13.6. The minimum Gasteiger partial charge on any atom is -0.481 e. The smallest absolute Gasteiger partial charge is 0.481 e. The quantitative estimate of drug-likeness (QED) is 0.792. The van der Waals surface area contributed by atoms with Crippen molar-refractivity contribution in [3.63, 3.8) is 0 Å². The predicted octanol–water partition coefficient (Wildman–Crippen LogP) is 3.08. The third-order valence-electron chi connectivity index (χ3n) is 2.62. The topological polar surface area (TPSA) is 30.8 Å². The number of hydrogen-bond acceptors (Lipinski definition) is 3. The van der Waals surface area contributed by atoms with Crippen LogP contribution in [0.3, 0.4) is 0 Å². The molecule has 1 aromatic rings. The van der Waals surface area contributed by atoms with Gasteiger partial charge in [-0.2, -0.15) is 0 Å². The Kier molecular flexibility index (Phi) is 3.92. The molecular weight excluding hydrogens is 266 g/mol. The molecule has 1 atom stereocenters.